The van der Waals surface area contributed by atoms with Gasteiger partial charge in [-0.05, 0) is 37.8 Å². The normalized spacial score (nSPS) is 17.1. The summed E-state index contributed by atoms with van der Waals surface area (Å²) in [5.74, 6) is 0.564. The van der Waals surface area contributed by atoms with Gasteiger partial charge in [0, 0.05) is 12.2 Å². The molecule has 0 amide bonds. The summed E-state index contributed by atoms with van der Waals surface area (Å²) < 4.78 is 0. The van der Waals surface area contributed by atoms with Crippen LogP contribution < -0.4 is 5.32 Å². The summed E-state index contributed by atoms with van der Waals surface area (Å²) in [5, 5.41) is 12.0. The molecule has 2 N–H and O–H groups in total. The van der Waals surface area contributed by atoms with Gasteiger partial charge in [-0.2, -0.15) is 0 Å². The van der Waals surface area contributed by atoms with Crippen molar-refractivity contribution in [3.8, 4) is 0 Å². The second kappa shape index (κ2) is 3.88. The number of carboxylic acid groups (broad SMARTS) is 1. The molecule has 1 saturated carbocycles. The van der Waals surface area contributed by atoms with Crippen LogP contribution in [0.1, 0.15) is 30.1 Å². The summed E-state index contributed by atoms with van der Waals surface area (Å²) in [6.45, 7) is 2.13. The maximum atomic E-state index is 10.6. The second-order valence-corrected chi connectivity index (χ2v) is 4.01. The van der Waals surface area contributed by atoms with Crippen LogP contribution in [0.3, 0.4) is 0 Å². The Balaban J connectivity index is 1.99. The van der Waals surface area contributed by atoms with Crippen LogP contribution in [0, 0.1) is 5.92 Å². The Labute approximate surface area is 88.3 Å². The number of aromatic nitrogens is 1. The minimum atomic E-state index is -0.940. The van der Waals surface area contributed by atoms with Gasteiger partial charge in [0.15, 0.2) is 0 Å². The Hall–Kier alpha value is -1.58. The monoisotopic (exact) mass is 206 g/mol. The van der Waals surface area contributed by atoms with E-state index in [1.165, 1.54) is 19.0 Å². The Morgan fingerprint density at radius 2 is 2.33 bits per heavy atom. The van der Waals surface area contributed by atoms with Crippen molar-refractivity contribution < 1.29 is 9.90 Å². The van der Waals surface area contributed by atoms with Crippen molar-refractivity contribution in [1.29, 1.82) is 0 Å². The number of nitrogens with one attached hydrogen (secondary N) is 1. The van der Waals surface area contributed by atoms with Crippen molar-refractivity contribution in [3.05, 3.63) is 23.9 Å². The number of aromatic carboxylic acids is 1. The van der Waals surface area contributed by atoms with Crippen molar-refractivity contribution in [2.75, 3.05) is 5.32 Å². The molecule has 1 aliphatic rings. The second-order valence-electron chi connectivity index (χ2n) is 4.01. The lowest BCUT2D eigenvalue weighted by atomic mass is 10.2. The molecule has 1 aromatic heterocycles. The predicted molar refractivity (Wildman–Crippen MR) is 57.0 cm³/mol. The van der Waals surface area contributed by atoms with Crippen LogP contribution in [0.2, 0.25) is 0 Å². The van der Waals surface area contributed by atoms with Crippen LogP contribution in [0.5, 0.6) is 0 Å². The molecule has 0 aromatic carbocycles. The van der Waals surface area contributed by atoms with Crippen LogP contribution >= 0.6 is 0 Å². The molecule has 2 rings (SSSR count). The van der Waals surface area contributed by atoms with E-state index in [-0.39, 0.29) is 5.56 Å². The third kappa shape index (κ3) is 2.46. The first kappa shape index (κ1) is 9.96. The number of anilines is 1. The molecule has 15 heavy (non-hydrogen) atoms. The van der Waals surface area contributed by atoms with Crippen molar-refractivity contribution in [3.63, 3.8) is 0 Å². The highest BCUT2D eigenvalue weighted by Crippen LogP contribution is 2.33. The molecule has 1 aromatic rings. The molecule has 1 fully saturated rings. The zero-order valence-electron chi connectivity index (χ0n) is 8.60. The first-order valence-electron chi connectivity index (χ1n) is 5.12. The molecule has 0 radical (unpaired) electrons. The summed E-state index contributed by atoms with van der Waals surface area (Å²) in [6.07, 6.45) is 3.94. The van der Waals surface area contributed by atoms with Gasteiger partial charge in [0.25, 0.3) is 0 Å². The molecule has 4 heteroatoms. The Kier molecular flexibility index (Phi) is 2.58. The number of hydrogen-bond donors (Lipinski definition) is 2. The smallest absolute Gasteiger partial charge is 0.337 e. The van der Waals surface area contributed by atoms with Crippen LogP contribution in [0.25, 0.3) is 0 Å². The van der Waals surface area contributed by atoms with Gasteiger partial charge in [-0.15, -0.1) is 0 Å². The fraction of sp³-hybridized carbons (Fsp3) is 0.455. The van der Waals surface area contributed by atoms with E-state index in [0.717, 1.165) is 11.7 Å². The summed E-state index contributed by atoms with van der Waals surface area (Å²) in [4.78, 5) is 14.7. The summed E-state index contributed by atoms with van der Waals surface area (Å²) >= 11 is 0. The highest BCUT2D eigenvalue weighted by atomic mass is 16.4. The van der Waals surface area contributed by atoms with E-state index < -0.39 is 5.97 Å². The van der Waals surface area contributed by atoms with E-state index in [1.807, 2.05) is 0 Å². The molecule has 4 nitrogen and oxygen atoms in total. The van der Waals surface area contributed by atoms with Gasteiger partial charge in [-0.3, -0.25) is 0 Å². The number of carbonyl (C=O) groups is 1. The van der Waals surface area contributed by atoms with E-state index in [0.29, 0.717) is 6.04 Å². The topological polar surface area (TPSA) is 62.2 Å². The van der Waals surface area contributed by atoms with E-state index in [9.17, 15) is 4.79 Å². The molecule has 0 aliphatic heterocycles. The fourth-order valence-electron chi connectivity index (χ4n) is 1.55. The van der Waals surface area contributed by atoms with E-state index in [2.05, 4.69) is 17.2 Å². The SMILES string of the molecule is CC(Nc1ccc(C(=O)O)cn1)C1CC1. The standard InChI is InChI=1S/C11H14N2O2/c1-7(8-2-3-8)13-10-5-4-9(6-12-10)11(14)15/h4-8H,2-3H2,1H3,(H,12,13)(H,14,15). The van der Waals surface area contributed by atoms with Gasteiger partial charge in [0.2, 0.25) is 0 Å². The van der Waals surface area contributed by atoms with Gasteiger partial charge in [0.1, 0.15) is 5.82 Å². The highest BCUT2D eigenvalue weighted by Gasteiger charge is 2.27. The number of nitrogens with zero attached hydrogens (tertiary/aromatic N) is 1. The highest BCUT2D eigenvalue weighted by molar-refractivity contribution is 5.87. The zero-order chi connectivity index (χ0) is 10.8. The molecular formula is C11H14N2O2. The van der Waals surface area contributed by atoms with Crippen LogP contribution in [0.4, 0.5) is 5.82 Å². The molecule has 1 unspecified atom stereocenters. The Bertz CT molecular complexity index is 357. The van der Waals surface area contributed by atoms with Crippen molar-refractivity contribution in [2.45, 2.75) is 25.8 Å². The molecule has 1 aliphatic carbocycles. The molecule has 0 spiro atoms. The Morgan fingerprint density at radius 1 is 1.60 bits per heavy atom. The molecule has 1 atom stereocenters. The summed E-state index contributed by atoms with van der Waals surface area (Å²) in [6, 6.07) is 3.70. The third-order valence-electron chi connectivity index (χ3n) is 2.72. The first-order valence-corrected chi connectivity index (χ1v) is 5.12. The number of pyridine rings is 1. The van der Waals surface area contributed by atoms with Crippen molar-refractivity contribution in [1.82, 2.24) is 4.98 Å². The van der Waals surface area contributed by atoms with Crippen LogP contribution in [0.15, 0.2) is 18.3 Å². The maximum absolute atomic E-state index is 10.6. The van der Waals surface area contributed by atoms with Crippen molar-refractivity contribution in [2.24, 2.45) is 5.92 Å². The number of hydrogen-bond acceptors (Lipinski definition) is 3. The van der Waals surface area contributed by atoms with E-state index in [4.69, 9.17) is 5.11 Å². The molecule has 1 heterocycles. The third-order valence-corrected chi connectivity index (χ3v) is 2.72. The largest absolute Gasteiger partial charge is 0.478 e. The van der Waals surface area contributed by atoms with E-state index in [1.54, 1.807) is 12.1 Å². The fourth-order valence-corrected chi connectivity index (χ4v) is 1.55. The lowest BCUT2D eigenvalue weighted by molar-refractivity contribution is 0.0696. The van der Waals surface area contributed by atoms with Crippen molar-refractivity contribution >= 4 is 11.8 Å². The maximum Gasteiger partial charge on any atom is 0.337 e. The van der Waals surface area contributed by atoms with Crippen LogP contribution in [-0.2, 0) is 0 Å². The minimum Gasteiger partial charge on any atom is -0.478 e. The molecule has 0 saturated heterocycles. The average molecular weight is 206 g/mol. The first-order chi connectivity index (χ1) is 7.16. The van der Waals surface area contributed by atoms with Gasteiger partial charge in [0.05, 0.1) is 5.56 Å². The minimum absolute atomic E-state index is 0.222. The zero-order valence-corrected chi connectivity index (χ0v) is 8.60. The average Bonchev–Trinajstić information content (AvgIpc) is 3.01. The molecule has 80 valence electrons. The Morgan fingerprint density at radius 3 is 2.80 bits per heavy atom. The molecular weight excluding hydrogens is 192 g/mol. The number of carboxylic acids is 1. The van der Waals surface area contributed by atoms with Gasteiger partial charge < -0.3 is 10.4 Å². The van der Waals surface area contributed by atoms with Gasteiger partial charge >= 0.3 is 5.97 Å². The number of rotatable bonds is 4. The quantitative estimate of drug-likeness (QED) is 0.790. The van der Waals surface area contributed by atoms with Gasteiger partial charge in [-0.1, -0.05) is 0 Å². The van der Waals surface area contributed by atoms with Crippen LogP contribution in [-0.4, -0.2) is 22.1 Å². The van der Waals surface area contributed by atoms with Gasteiger partial charge in [-0.25, -0.2) is 9.78 Å². The lowest BCUT2D eigenvalue weighted by Crippen LogP contribution is -2.18. The summed E-state index contributed by atoms with van der Waals surface area (Å²) in [7, 11) is 0. The van der Waals surface area contributed by atoms with E-state index >= 15 is 0 Å². The summed E-state index contributed by atoms with van der Waals surface area (Å²) in [5.41, 5.74) is 0.222. The predicted octanol–water partition coefficient (Wildman–Crippen LogP) is 1.99. The molecule has 0 bridgehead atoms. The lowest BCUT2D eigenvalue weighted by Gasteiger charge is -2.12.